The predicted octanol–water partition coefficient (Wildman–Crippen LogP) is 0.731. The van der Waals surface area contributed by atoms with Crippen molar-refractivity contribution in [2.45, 2.75) is 31.0 Å². The molecule has 0 unspecified atom stereocenters. The largest absolute Gasteiger partial charge is 0.477 e. The van der Waals surface area contributed by atoms with Crippen molar-refractivity contribution in [1.82, 2.24) is 9.55 Å². The third kappa shape index (κ3) is 2.45. The summed E-state index contributed by atoms with van der Waals surface area (Å²) in [6, 6.07) is 1.02. The van der Waals surface area contributed by atoms with Crippen molar-refractivity contribution in [1.29, 1.82) is 0 Å². The fourth-order valence-corrected chi connectivity index (χ4v) is 4.25. The minimum Gasteiger partial charge on any atom is -0.477 e. The lowest BCUT2D eigenvalue weighted by Gasteiger charge is -2.25. The lowest BCUT2D eigenvalue weighted by Crippen LogP contribution is -2.34. The van der Waals surface area contributed by atoms with Gasteiger partial charge < -0.3 is 25.0 Å². The van der Waals surface area contributed by atoms with Gasteiger partial charge in [0.1, 0.15) is 11.2 Å². The summed E-state index contributed by atoms with van der Waals surface area (Å²) in [5.74, 6) is -1.70. The van der Waals surface area contributed by atoms with Gasteiger partial charge in [-0.3, -0.25) is 4.79 Å². The quantitative estimate of drug-likeness (QED) is 0.815. The molecule has 2 aromatic heterocycles. The summed E-state index contributed by atoms with van der Waals surface area (Å²) in [5.41, 5.74) is 5.42. The average Bonchev–Trinajstić information content (AvgIpc) is 3.26. The Morgan fingerprint density at radius 3 is 2.85 bits per heavy atom. The number of rotatable bonds is 3. The van der Waals surface area contributed by atoms with Gasteiger partial charge >= 0.3 is 5.97 Å². The van der Waals surface area contributed by atoms with Crippen LogP contribution in [-0.4, -0.2) is 52.5 Å². The minimum atomic E-state index is -1.32. The maximum atomic E-state index is 14.9. The van der Waals surface area contributed by atoms with E-state index in [1.54, 1.807) is 4.57 Å². The van der Waals surface area contributed by atoms with Crippen molar-refractivity contribution in [3.63, 3.8) is 0 Å². The molecule has 2 saturated heterocycles. The Morgan fingerprint density at radius 2 is 2.15 bits per heavy atom. The Balaban J connectivity index is 1.71. The molecule has 8 nitrogen and oxygen atoms in total. The van der Waals surface area contributed by atoms with E-state index in [2.05, 4.69) is 4.98 Å². The van der Waals surface area contributed by atoms with Gasteiger partial charge in [-0.25, -0.2) is 14.2 Å². The first-order valence-electron chi connectivity index (χ1n) is 9.04. The number of ether oxygens (including phenoxy) is 1. The first kappa shape index (κ1) is 16.6. The number of carbonyl (C=O) groups is 1. The molecule has 1 aliphatic carbocycles. The summed E-state index contributed by atoms with van der Waals surface area (Å²) in [7, 11) is 0. The molecule has 3 N–H and O–H groups in total. The maximum absolute atomic E-state index is 14.9. The second-order valence-electron chi connectivity index (χ2n) is 7.57. The van der Waals surface area contributed by atoms with Crippen LogP contribution in [0.4, 0.5) is 10.2 Å². The Kier molecular flexibility index (Phi) is 3.54. The molecule has 5 rings (SSSR count). The van der Waals surface area contributed by atoms with Crippen LogP contribution in [0, 0.1) is 11.7 Å². The summed E-state index contributed by atoms with van der Waals surface area (Å²) in [4.78, 5) is 30.3. The third-order valence-electron chi connectivity index (χ3n) is 5.83. The molecular formula is C18H19FN4O4. The van der Waals surface area contributed by atoms with E-state index in [0.717, 1.165) is 18.9 Å². The third-order valence-corrected chi connectivity index (χ3v) is 5.83. The van der Waals surface area contributed by atoms with Crippen LogP contribution >= 0.6 is 0 Å². The highest BCUT2D eigenvalue weighted by Crippen LogP contribution is 2.38. The highest BCUT2D eigenvalue weighted by atomic mass is 19.1. The molecule has 142 valence electrons. The molecule has 0 amide bonds. The Labute approximate surface area is 153 Å². The molecule has 1 saturated carbocycles. The van der Waals surface area contributed by atoms with Gasteiger partial charge in [-0.1, -0.05) is 0 Å². The normalized spacial score (nSPS) is 27.3. The van der Waals surface area contributed by atoms with Crippen molar-refractivity contribution in [2.24, 2.45) is 11.7 Å². The fourth-order valence-electron chi connectivity index (χ4n) is 4.25. The predicted molar refractivity (Wildman–Crippen MR) is 94.6 cm³/mol. The monoisotopic (exact) mass is 374 g/mol. The van der Waals surface area contributed by atoms with Crippen molar-refractivity contribution < 1.29 is 19.0 Å². The molecular weight excluding hydrogens is 355 g/mol. The van der Waals surface area contributed by atoms with E-state index in [1.165, 1.54) is 6.20 Å². The van der Waals surface area contributed by atoms with Crippen LogP contribution in [0.1, 0.15) is 29.2 Å². The average molecular weight is 374 g/mol. The molecule has 2 aromatic rings. The summed E-state index contributed by atoms with van der Waals surface area (Å²) >= 11 is 0. The lowest BCUT2D eigenvalue weighted by molar-refractivity contribution is 0.0695. The topological polar surface area (TPSA) is 111 Å². The van der Waals surface area contributed by atoms with Crippen molar-refractivity contribution >= 4 is 22.8 Å². The van der Waals surface area contributed by atoms with E-state index < -0.39 is 17.2 Å². The first-order valence-corrected chi connectivity index (χ1v) is 9.04. The van der Waals surface area contributed by atoms with Crippen molar-refractivity contribution in [2.75, 3.05) is 24.7 Å². The van der Waals surface area contributed by atoms with E-state index in [4.69, 9.17) is 10.5 Å². The number of pyridine rings is 2. The lowest BCUT2D eigenvalue weighted by atomic mass is 10.0. The number of anilines is 1. The van der Waals surface area contributed by atoms with Crippen LogP contribution in [0.5, 0.6) is 0 Å². The number of carboxylic acid groups (broad SMARTS) is 1. The Bertz CT molecular complexity index is 1020. The van der Waals surface area contributed by atoms with E-state index in [1.807, 2.05) is 4.90 Å². The van der Waals surface area contributed by atoms with Gasteiger partial charge in [-0.05, 0) is 18.9 Å². The summed E-state index contributed by atoms with van der Waals surface area (Å²) in [5, 5.41) is 9.31. The zero-order valence-electron chi connectivity index (χ0n) is 14.5. The molecule has 9 heteroatoms. The van der Waals surface area contributed by atoms with Gasteiger partial charge in [0, 0.05) is 30.7 Å². The van der Waals surface area contributed by atoms with E-state index in [0.29, 0.717) is 25.4 Å². The highest BCUT2D eigenvalue weighted by molar-refractivity contribution is 5.92. The Morgan fingerprint density at radius 1 is 1.37 bits per heavy atom. The van der Waals surface area contributed by atoms with Gasteiger partial charge in [0.25, 0.3) is 0 Å². The number of aromatic nitrogens is 2. The minimum absolute atomic E-state index is 0.00855. The van der Waals surface area contributed by atoms with Crippen LogP contribution in [0.2, 0.25) is 0 Å². The number of aromatic carboxylic acids is 1. The second kappa shape index (κ2) is 5.74. The summed E-state index contributed by atoms with van der Waals surface area (Å²) in [6.07, 6.45) is 3.08. The number of hydrogen-bond donors (Lipinski definition) is 2. The smallest absolute Gasteiger partial charge is 0.341 e. The maximum Gasteiger partial charge on any atom is 0.341 e. The molecule has 0 spiro atoms. The number of nitrogens with two attached hydrogens (primary N) is 1. The van der Waals surface area contributed by atoms with Gasteiger partial charge in [-0.2, -0.15) is 0 Å². The van der Waals surface area contributed by atoms with Crippen LogP contribution in [0.3, 0.4) is 0 Å². The molecule has 0 aromatic carbocycles. The number of hydrogen-bond acceptors (Lipinski definition) is 6. The highest BCUT2D eigenvalue weighted by Gasteiger charge is 2.45. The molecule has 3 aliphatic rings. The zero-order valence-corrected chi connectivity index (χ0v) is 14.5. The molecule has 3 fully saturated rings. The van der Waals surface area contributed by atoms with Gasteiger partial charge in [-0.15, -0.1) is 0 Å². The van der Waals surface area contributed by atoms with E-state index in [9.17, 15) is 19.1 Å². The zero-order chi connectivity index (χ0) is 18.9. The first-order chi connectivity index (χ1) is 13.0. The van der Waals surface area contributed by atoms with Crippen molar-refractivity contribution in [3.05, 3.63) is 33.9 Å². The fraction of sp³-hybridized carbons (Fsp3) is 0.500. The van der Waals surface area contributed by atoms with Crippen LogP contribution in [0.25, 0.3) is 11.0 Å². The number of carboxylic acids is 1. The van der Waals surface area contributed by atoms with Gasteiger partial charge in [0.05, 0.1) is 24.6 Å². The number of halogens is 1. The SMILES string of the molecule is N[C@H]1CN(c2nc3c(cc2F)c(=O)c(C(=O)O)cn3C2CC2)[C@@H]2COC[C@@H]21. The van der Waals surface area contributed by atoms with Crippen molar-refractivity contribution in [3.8, 4) is 0 Å². The molecule has 0 bridgehead atoms. The molecule has 4 heterocycles. The van der Waals surface area contributed by atoms with Crippen LogP contribution < -0.4 is 16.1 Å². The Hall–Kier alpha value is -2.52. The van der Waals surface area contributed by atoms with E-state index in [-0.39, 0.29) is 40.8 Å². The molecule has 27 heavy (non-hydrogen) atoms. The summed E-state index contributed by atoms with van der Waals surface area (Å²) < 4.78 is 22.1. The molecule has 0 radical (unpaired) electrons. The standard InChI is InChI=1S/C18H19FN4O4/c19-12-3-9-15(24)10(18(25)26)4-22(8-1-2-8)16(9)21-17(12)23-5-13(20)11-6-27-7-14(11)23/h3-4,8,11,13-14H,1-2,5-7,20H2,(H,25,26)/t11-,13+,14-/m1/s1. The van der Waals surface area contributed by atoms with Gasteiger partial charge in [0.15, 0.2) is 11.6 Å². The van der Waals surface area contributed by atoms with E-state index >= 15 is 0 Å². The van der Waals surface area contributed by atoms with Crippen LogP contribution in [0.15, 0.2) is 17.1 Å². The molecule has 3 atom stereocenters. The number of nitrogens with zero attached hydrogens (tertiary/aromatic N) is 3. The van der Waals surface area contributed by atoms with Gasteiger partial charge in [0.2, 0.25) is 5.43 Å². The number of fused-ring (bicyclic) bond motifs is 2. The second-order valence-corrected chi connectivity index (χ2v) is 7.57. The van der Waals surface area contributed by atoms with Crippen LogP contribution in [-0.2, 0) is 4.74 Å². The summed E-state index contributed by atoms with van der Waals surface area (Å²) in [6.45, 7) is 1.48. The molecule has 2 aliphatic heterocycles.